The van der Waals surface area contributed by atoms with Crippen LogP contribution in [0.5, 0.6) is 0 Å². The first-order chi connectivity index (χ1) is 7.24. The average molecular weight is 202 g/mol. The molecule has 1 aliphatic carbocycles. The van der Waals surface area contributed by atoms with Crippen LogP contribution < -0.4 is 0 Å². The van der Waals surface area contributed by atoms with Crippen LogP contribution in [0.1, 0.15) is 34.1 Å². The van der Waals surface area contributed by atoms with Gasteiger partial charge in [0.05, 0.1) is 0 Å². The van der Waals surface area contributed by atoms with Crippen molar-refractivity contribution >= 4 is 0 Å². The molecule has 0 unspecified atom stereocenters. The van der Waals surface area contributed by atoms with Crippen molar-refractivity contribution in [3.63, 3.8) is 0 Å². The zero-order valence-corrected chi connectivity index (χ0v) is 10.4. The van der Waals surface area contributed by atoms with Gasteiger partial charge in [-0.15, -0.1) is 0 Å². The molecule has 0 nitrogen and oxygen atoms in total. The molecule has 0 aromatic heterocycles. The van der Waals surface area contributed by atoms with Crippen LogP contribution in [0.25, 0.3) is 0 Å². The van der Waals surface area contributed by atoms with Crippen molar-refractivity contribution in [2.24, 2.45) is 0 Å². The maximum absolute atomic E-state index is 3.76. The lowest BCUT2D eigenvalue weighted by atomic mass is 10.0. The summed E-state index contributed by atoms with van der Waals surface area (Å²) in [6.45, 7) is 12.0. The molecule has 0 heteroatoms. The molecule has 0 aliphatic heterocycles. The maximum Gasteiger partial charge on any atom is -0.00942 e. The van der Waals surface area contributed by atoms with E-state index in [9.17, 15) is 0 Å². The van der Waals surface area contributed by atoms with Gasteiger partial charge < -0.3 is 0 Å². The highest BCUT2D eigenvalue weighted by Gasteiger charge is 1.95. The molecular weight excluding hydrogens is 180 g/mol. The summed E-state index contributed by atoms with van der Waals surface area (Å²) in [5, 5.41) is 0. The zero-order chi connectivity index (χ0) is 11.7. The molecule has 0 atom stereocenters. The summed E-state index contributed by atoms with van der Waals surface area (Å²) in [5.74, 6) is 0. The second-order valence-electron chi connectivity index (χ2n) is 3.28. The summed E-state index contributed by atoms with van der Waals surface area (Å²) in [6.07, 6.45) is 13.6. The largest absolute Gasteiger partial charge is 0.0988 e. The Labute approximate surface area is 94.4 Å². The molecular formula is C15H22. The fraction of sp³-hybridized carbons (Fsp3) is 0.333. The topological polar surface area (TPSA) is 0 Å². The summed E-state index contributed by atoms with van der Waals surface area (Å²) in [5.41, 5.74) is 3.90. The SMILES string of the molecule is C=C/C(C)=C(C)\C=C1\C=CC=CC1.CC. The second-order valence-corrected chi connectivity index (χ2v) is 3.28. The van der Waals surface area contributed by atoms with E-state index in [2.05, 4.69) is 50.8 Å². The van der Waals surface area contributed by atoms with E-state index in [1.807, 2.05) is 19.9 Å². The number of hydrogen-bond donors (Lipinski definition) is 0. The highest BCUT2D eigenvalue weighted by atomic mass is 14.0. The quantitative estimate of drug-likeness (QED) is 0.554. The Hall–Kier alpha value is -1.30. The molecule has 0 aromatic carbocycles. The van der Waals surface area contributed by atoms with Crippen molar-refractivity contribution in [3.8, 4) is 0 Å². The van der Waals surface area contributed by atoms with Crippen LogP contribution >= 0.6 is 0 Å². The predicted octanol–water partition coefficient (Wildman–Crippen LogP) is 4.98. The van der Waals surface area contributed by atoms with Crippen LogP contribution in [0.3, 0.4) is 0 Å². The number of hydrogen-bond acceptors (Lipinski definition) is 0. The minimum Gasteiger partial charge on any atom is -0.0988 e. The van der Waals surface area contributed by atoms with Gasteiger partial charge in [0.2, 0.25) is 0 Å². The van der Waals surface area contributed by atoms with Crippen molar-refractivity contribution in [3.05, 3.63) is 59.8 Å². The minimum atomic E-state index is 1.04. The van der Waals surface area contributed by atoms with Gasteiger partial charge in [0.1, 0.15) is 0 Å². The third-order valence-corrected chi connectivity index (χ3v) is 2.24. The van der Waals surface area contributed by atoms with Gasteiger partial charge in [0.15, 0.2) is 0 Å². The normalized spacial score (nSPS) is 18.0. The molecule has 0 aromatic rings. The second kappa shape index (κ2) is 8.05. The van der Waals surface area contributed by atoms with Crippen molar-refractivity contribution in [2.45, 2.75) is 34.1 Å². The van der Waals surface area contributed by atoms with E-state index in [4.69, 9.17) is 0 Å². The molecule has 0 amide bonds. The minimum absolute atomic E-state index is 1.04. The van der Waals surface area contributed by atoms with Crippen LogP contribution in [0.4, 0.5) is 0 Å². The van der Waals surface area contributed by atoms with Crippen molar-refractivity contribution in [1.29, 1.82) is 0 Å². The summed E-state index contributed by atoms with van der Waals surface area (Å²) in [6, 6.07) is 0. The van der Waals surface area contributed by atoms with Crippen molar-refractivity contribution in [1.82, 2.24) is 0 Å². The fourth-order valence-corrected chi connectivity index (χ4v) is 1.19. The van der Waals surface area contributed by atoms with Gasteiger partial charge >= 0.3 is 0 Å². The van der Waals surface area contributed by atoms with Gasteiger partial charge in [0.25, 0.3) is 0 Å². The molecule has 0 N–H and O–H groups in total. The molecule has 1 rings (SSSR count). The van der Waals surface area contributed by atoms with Gasteiger partial charge in [-0.2, -0.15) is 0 Å². The lowest BCUT2D eigenvalue weighted by molar-refractivity contribution is 1.24. The first kappa shape index (κ1) is 13.7. The van der Waals surface area contributed by atoms with Crippen LogP contribution in [0.2, 0.25) is 0 Å². The van der Waals surface area contributed by atoms with E-state index in [0.717, 1.165) is 6.42 Å². The van der Waals surface area contributed by atoms with E-state index in [-0.39, 0.29) is 0 Å². The van der Waals surface area contributed by atoms with E-state index >= 15 is 0 Å². The molecule has 0 saturated carbocycles. The summed E-state index contributed by atoms with van der Waals surface area (Å²) < 4.78 is 0. The number of allylic oxidation sites excluding steroid dienone is 9. The summed E-state index contributed by atoms with van der Waals surface area (Å²) in [7, 11) is 0. The van der Waals surface area contributed by atoms with Crippen molar-refractivity contribution in [2.75, 3.05) is 0 Å². The first-order valence-electron chi connectivity index (χ1n) is 5.57. The van der Waals surface area contributed by atoms with Crippen LogP contribution in [0.15, 0.2) is 59.8 Å². The van der Waals surface area contributed by atoms with E-state index in [1.165, 1.54) is 16.7 Å². The third-order valence-electron chi connectivity index (χ3n) is 2.24. The molecule has 82 valence electrons. The molecule has 0 fully saturated rings. The molecule has 0 heterocycles. The Kier molecular flexibility index (Phi) is 7.35. The maximum atomic E-state index is 3.76. The summed E-state index contributed by atoms with van der Waals surface area (Å²) >= 11 is 0. The molecule has 1 aliphatic rings. The molecule has 0 spiro atoms. The standard InChI is InChI=1S/C13H16.C2H6/c1-4-11(2)12(3)10-13-8-6-5-7-9-13;1-2/h4-8,10H,1,9H2,2-3H3;1-2H3/b12-11-,13-10-;. The van der Waals surface area contributed by atoms with Crippen LogP contribution in [0, 0.1) is 0 Å². The van der Waals surface area contributed by atoms with Gasteiger partial charge in [-0.25, -0.2) is 0 Å². The van der Waals surface area contributed by atoms with Gasteiger partial charge in [0, 0.05) is 0 Å². The van der Waals surface area contributed by atoms with Crippen LogP contribution in [-0.2, 0) is 0 Å². The highest BCUT2D eigenvalue weighted by Crippen LogP contribution is 2.15. The lowest BCUT2D eigenvalue weighted by Crippen LogP contribution is -1.83. The average Bonchev–Trinajstić information content (AvgIpc) is 2.32. The smallest absolute Gasteiger partial charge is 0.00942 e. The zero-order valence-electron chi connectivity index (χ0n) is 10.4. The monoisotopic (exact) mass is 202 g/mol. The molecule has 0 bridgehead atoms. The number of rotatable bonds is 2. The summed E-state index contributed by atoms with van der Waals surface area (Å²) in [4.78, 5) is 0. The molecule has 0 saturated heterocycles. The fourth-order valence-electron chi connectivity index (χ4n) is 1.19. The molecule has 0 radical (unpaired) electrons. The van der Waals surface area contributed by atoms with E-state index in [0.29, 0.717) is 0 Å². The predicted molar refractivity (Wildman–Crippen MR) is 70.9 cm³/mol. The Bertz CT molecular complexity index is 309. The molecule has 15 heavy (non-hydrogen) atoms. The third kappa shape index (κ3) is 5.21. The first-order valence-corrected chi connectivity index (χ1v) is 5.57. The Morgan fingerprint density at radius 3 is 2.33 bits per heavy atom. The van der Waals surface area contributed by atoms with Crippen molar-refractivity contribution < 1.29 is 0 Å². The van der Waals surface area contributed by atoms with E-state index in [1.54, 1.807) is 0 Å². The van der Waals surface area contributed by atoms with Crippen LogP contribution in [-0.4, -0.2) is 0 Å². The lowest BCUT2D eigenvalue weighted by Gasteiger charge is -2.03. The Balaban J connectivity index is 0.000000921. The van der Waals surface area contributed by atoms with E-state index < -0.39 is 0 Å². The van der Waals surface area contributed by atoms with Gasteiger partial charge in [-0.05, 0) is 37.0 Å². The highest BCUT2D eigenvalue weighted by molar-refractivity contribution is 5.38. The van der Waals surface area contributed by atoms with Gasteiger partial charge in [-0.1, -0.05) is 56.9 Å². The Morgan fingerprint density at radius 2 is 1.87 bits per heavy atom. The Morgan fingerprint density at radius 1 is 1.20 bits per heavy atom. The van der Waals surface area contributed by atoms with Gasteiger partial charge in [-0.3, -0.25) is 0 Å².